The molecule has 0 saturated heterocycles. The first kappa shape index (κ1) is 13.3. The van der Waals surface area contributed by atoms with Gasteiger partial charge in [0.25, 0.3) is 0 Å². The Labute approximate surface area is 122 Å². The molecule has 104 valence electrons. The van der Waals surface area contributed by atoms with Crippen LogP contribution in [0.4, 0.5) is 5.82 Å². The van der Waals surface area contributed by atoms with E-state index in [1.807, 2.05) is 12.1 Å². The number of nitrogens with one attached hydrogen (secondary N) is 1. The Morgan fingerprint density at radius 2 is 2.00 bits per heavy atom. The molecule has 6 heteroatoms. The van der Waals surface area contributed by atoms with Crippen LogP contribution in [-0.4, -0.2) is 15.0 Å². The van der Waals surface area contributed by atoms with E-state index in [1.54, 1.807) is 12.3 Å². The molecule has 0 aliphatic heterocycles. The zero-order chi connectivity index (χ0) is 13.9. The van der Waals surface area contributed by atoms with E-state index in [-0.39, 0.29) is 0 Å². The maximum Gasteiger partial charge on any atom is 0.180 e. The molecule has 0 bridgehead atoms. The first-order valence-electron chi connectivity index (χ1n) is 6.74. The van der Waals surface area contributed by atoms with Gasteiger partial charge in [-0.15, -0.1) is 0 Å². The number of aromatic nitrogens is 3. The minimum Gasteiger partial charge on any atom is -0.308 e. The zero-order valence-corrected chi connectivity index (χ0v) is 11.8. The Hall–Kier alpha value is -1.72. The number of halogens is 1. The Bertz CT molecular complexity index is 593. The van der Waals surface area contributed by atoms with Crippen LogP contribution in [0, 0.1) is 0 Å². The molecule has 0 unspecified atom stereocenters. The summed E-state index contributed by atoms with van der Waals surface area (Å²) in [6.07, 6.45) is 6.46. The lowest BCUT2D eigenvalue weighted by Gasteiger charge is -2.12. The van der Waals surface area contributed by atoms with Crippen molar-refractivity contribution in [1.82, 2.24) is 15.0 Å². The van der Waals surface area contributed by atoms with Crippen molar-refractivity contribution in [1.29, 1.82) is 0 Å². The summed E-state index contributed by atoms with van der Waals surface area (Å²) in [6.45, 7) is 0. The van der Waals surface area contributed by atoms with E-state index in [0.717, 1.165) is 5.69 Å². The van der Waals surface area contributed by atoms with Crippen molar-refractivity contribution in [3.63, 3.8) is 0 Å². The Morgan fingerprint density at radius 1 is 1.20 bits per heavy atom. The summed E-state index contributed by atoms with van der Waals surface area (Å²) in [6, 6.07) is 5.52. The lowest BCUT2D eigenvalue weighted by atomic mass is 10.0. The van der Waals surface area contributed by atoms with E-state index in [1.165, 1.54) is 25.7 Å². The van der Waals surface area contributed by atoms with E-state index < -0.39 is 0 Å². The number of pyridine rings is 1. The molecule has 3 N–H and O–H groups in total. The largest absolute Gasteiger partial charge is 0.308 e. The normalized spacial score (nSPS) is 15.5. The molecule has 0 aromatic carbocycles. The number of nitrogens with zero attached hydrogens (tertiary/aromatic N) is 3. The highest BCUT2D eigenvalue weighted by molar-refractivity contribution is 6.30. The molecule has 0 spiro atoms. The highest BCUT2D eigenvalue weighted by Crippen LogP contribution is 2.34. The molecular weight excluding hydrogens is 274 g/mol. The zero-order valence-electron chi connectivity index (χ0n) is 11.0. The summed E-state index contributed by atoms with van der Waals surface area (Å²) in [7, 11) is 0. The summed E-state index contributed by atoms with van der Waals surface area (Å²) in [5.74, 6) is 7.20. The molecular formula is C14H16ClN5. The van der Waals surface area contributed by atoms with Crippen LogP contribution in [-0.2, 0) is 0 Å². The first-order chi connectivity index (χ1) is 9.76. The van der Waals surface area contributed by atoms with Crippen molar-refractivity contribution < 1.29 is 0 Å². The first-order valence-corrected chi connectivity index (χ1v) is 7.11. The fourth-order valence-corrected chi connectivity index (χ4v) is 2.71. The molecule has 0 atom stereocenters. The molecule has 2 aromatic rings. The van der Waals surface area contributed by atoms with Crippen LogP contribution in [0.3, 0.4) is 0 Å². The van der Waals surface area contributed by atoms with E-state index in [4.69, 9.17) is 17.4 Å². The summed E-state index contributed by atoms with van der Waals surface area (Å²) >= 11 is 5.86. The van der Waals surface area contributed by atoms with E-state index >= 15 is 0 Å². The predicted octanol–water partition coefficient (Wildman–Crippen LogP) is 3.14. The molecule has 5 nitrogen and oxygen atoms in total. The van der Waals surface area contributed by atoms with Gasteiger partial charge in [0.2, 0.25) is 0 Å². The predicted molar refractivity (Wildman–Crippen MR) is 79.3 cm³/mol. The Balaban J connectivity index is 2.01. The average molecular weight is 290 g/mol. The molecule has 0 radical (unpaired) electrons. The molecule has 2 heterocycles. The van der Waals surface area contributed by atoms with Crippen LogP contribution in [0.25, 0.3) is 11.5 Å². The van der Waals surface area contributed by atoms with Crippen LogP contribution in [0.15, 0.2) is 24.4 Å². The van der Waals surface area contributed by atoms with E-state index in [9.17, 15) is 0 Å². The van der Waals surface area contributed by atoms with Gasteiger partial charge in [0, 0.05) is 23.9 Å². The van der Waals surface area contributed by atoms with Crippen molar-refractivity contribution in [3.05, 3.63) is 35.1 Å². The second kappa shape index (κ2) is 5.73. The fraction of sp³-hybridized carbons (Fsp3) is 0.357. The number of hydrazine groups is 1. The SMILES string of the molecule is NNc1cc(C2CCCC2)nc(-c2ccc(Cl)cn2)n1. The Kier molecular flexibility index (Phi) is 3.80. The number of nitrogens with two attached hydrogens (primary N) is 1. The maximum atomic E-state index is 5.86. The van der Waals surface area contributed by atoms with Crippen LogP contribution in [0.1, 0.15) is 37.3 Å². The van der Waals surface area contributed by atoms with Crippen molar-refractivity contribution in [2.75, 3.05) is 5.43 Å². The van der Waals surface area contributed by atoms with Crippen molar-refractivity contribution in [3.8, 4) is 11.5 Å². The topological polar surface area (TPSA) is 76.7 Å². The van der Waals surface area contributed by atoms with Crippen LogP contribution in [0.2, 0.25) is 5.02 Å². The minimum absolute atomic E-state index is 0.496. The highest BCUT2D eigenvalue weighted by atomic mass is 35.5. The van der Waals surface area contributed by atoms with Crippen molar-refractivity contribution in [2.24, 2.45) is 5.84 Å². The minimum atomic E-state index is 0.496. The second-order valence-corrected chi connectivity index (χ2v) is 5.43. The highest BCUT2D eigenvalue weighted by Gasteiger charge is 2.20. The molecule has 1 aliphatic rings. The molecule has 20 heavy (non-hydrogen) atoms. The maximum absolute atomic E-state index is 5.86. The van der Waals surface area contributed by atoms with E-state index in [0.29, 0.717) is 28.3 Å². The van der Waals surface area contributed by atoms with Gasteiger partial charge in [-0.25, -0.2) is 15.8 Å². The lowest BCUT2D eigenvalue weighted by Crippen LogP contribution is -2.11. The van der Waals surface area contributed by atoms with Gasteiger partial charge >= 0.3 is 0 Å². The van der Waals surface area contributed by atoms with Crippen molar-refractivity contribution >= 4 is 17.4 Å². The summed E-state index contributed by atoms with van der Waals surface area (Å²) in [4.78, 5) is 13.3. The standard InChI is InChI=1S/C14H16ClN5/c15-10-5-6-11(17-8-10)14-18-12(7-13(19-14)20-16)9-3-1-2-4-9/h5-9H,1-4,16H2,(H,18,19,20). The Morgan fingerprint density at radius 3 is 2.65 bits per heavy atom. The van der Waals surface area contributed by atoms with Gasteiger partial charge in [0.1, 0.15) is 11.5 Å². The number of hydrogen-bond acceptors (Lipinski definition) is 5. The molecule has 3 rings (SSSR count). The molecule has 0 amide bonds. The summed E-state index contributed by atoms with van der Waals surface area (Å²) in [5, 5.41) is 0.595. The molecule has 2 aromatic heterocycles. The van der Waals surface area contributed by atoms with Gasteiger partial charge in [0.05, 0.1) is 5.02 Å². The fourth-order valence-electron chi connectivity index (χ4n) is 2.59. The number of anilines is 1. The van der Waals surface area contributed by atoms with Gasteiger partial charge in [0.15, 0.2) is 5.82 Å². The second-order valence-electron chi connectivity index (χ2n) is 4.99. The van der Waals surface area contributed by atoms with E-state index in [2.05, 4.69) is 20.4 Å². The number of nitrogen functional groups attached to an aromatic ring is 1. The van der Waals surface area contributed by atoms with Gasteiger partial charge in [-0.1, -0.05) is 24.4 Å². The number of hydrogen-bond donors (Lipinski definition) is 2. The third-order valence-electron chi connectivity index (χ3n) is 3.62. The smallest absolute Gasteiger partial charge is 0.180 e. The number of rotatable bonds is 3. The molecule has 1 saturated carbocycles. The lowest BCUT2D eigenvalue weighted by molar-refractivity contribution is 0.695. The van der Waals surface area contributed by atoms with Crippen LogP contribution in [0.5, 0.6) is 0 Å². The van der Waals surface area contributed by atoms with Crippen LogP contribution >= 0.6 is 11.6 Å². The molecule has 1 aliphatic carbocycles. The quantitative estimate of drug-likeness (QED) is 0.670. The van der Waals surface area contributed by atoms with Crippen molar-refractivity contribution in [2.45, 2.75) is 31.6 Å². The van der Waals surface area contributed by atoms with Gasteiger partial charge < -0.3 is 5.43 Å². The summed E-state index contributed by atoms with van der Waals surface area (Å²) < 4.78 is 0. The third kappa shape index (κ3) is 2.73. The van der Waals surface area contributed by atoms with Gasteiger partial charge in [-0.05, 0) is 25.0 Å². The monoisotopic (exact) mass is 289 g/mol. The summed E-state index contributed by atoms with van der Waals surface area (Å²) in [5.41, 5.74) is 4.35. The van der Waals surface area contributed by atoms with Gasteiger partial charge in [-0.2, -0.15) is 0 Å². The third-order valence-corrected chi connectivity index (χ3v) is 3.85. The van der Waals surface area contributed by atoms with Gasteiger partial charge in [-0.3, -0.25) is 4.98 Å². The average Bonchev–Trinajstić information content (AvgIpc) is 3.02. The molecule has 1 fully saturated rings. The van der Waals surface area contributed by atoms with Crippen LogP contribution < -0.4 is 11.3 Å².